The number of fused-ring (bicyclic) bond motifs is 1. The van der Waals surface area contributed by atoms with Gasteiger partial charge < -0.3 is 15.2 Å². The lowest BCUT2D eigenvalue weighted by molar-refractivity contribution is 0.0971. The number of ether oxygens (including phenoxy) is 2. The molecular weight excluding hydrogens is 258 g/mol. The molecule has 0 fully saturated rings. The number of aldehydes is 1. The fourth-order valence-corrected chi connectivity index (χ4v) is 2.02. The van der Waals surface area contributed by atoms with Gasteiger partial charge in [-0.2, -0.15) is 0 Å². The van der Waals surface area contributed by atoms with Gasteiger partial charge in [0.25, 0.3) is 0 Å². The maximum absolute atomic E-state index is 11.9. The largest absolute Gasteiger partial charge is 0.485 e. The Morgan fingerprint density at radius 2 is 2.06 bits per heavy atom. The van der Waals surface area contributed by atoms with Gasteiger partial charge in [0.2, 0.25) is 0 Å². The van der Waals surface area contributed by atoms with Crippen LogP contribution in [0.3, 0.4) is 0 Å². The Kier molecular flexibility index (Phi) is 3.84. The zero-order valence-corrected chi connectivity index (χ0v) is 10.3. The smallest absolute Gasteiger partial charge is 0.174 e. The van der Waals surface area contributed by atoms with Crippen LogP contribution in [0.15, 0.2) is 6.07 Å². The van der Waals surface area contributed by atoms with Crippen molar-refractivity contribution >= 4 is 23.7 Å². The Balaban J connectivity index is 2.57. The lowest BCUT2D eigenvalue weighted by atomic mass is 10.0. The third-order valence-corrected chi connectivity index (χ3v) is 2.90. The molecule has 0 radical (unpaired) electrons. The fourth-order valence-electron chi connectivity index (χ4n) is 1.78. The van der Waals surface area contributed by atoms with E-state index < -0.39 is 0 Å². The molecule has 0 aliphatic carbocycles. The third kappa shape index (κ3) is 2.19. The minimum Gasteiger partial charge on any atom is -0.485 e. The second-order valence-electron chi connectivity index (χ2n) is 3.75. The molecule has 0 bridgehead atoms. The summed E-state index contributed by atoms with van der Waals surface area (Å²) in [6.07, 6.45) is 0.777. The highest BCUT2D eigenvalue weighted by molar-refractivity contribution is 6.34. The molecule has 1 aromatic carbocycles. The van der Waals surface area contributed by atoms with Gasteiger partial charge in [-0.1, -0.05) is 11.6 Å². The number of hydrogen-bond acceptors (Lipinski definition) is 5. The predicted molar refractivity (Wildman–Crippen MR) is 65.8 cm³/mol. The number of benzene rings is 1. The summed E-state index contributed by atoms with van der Waals surface area (Å²) in [7, 11) is 0. The summed E-state index contributed by atoms with van der Waals surface area (Å²) >= 11 is 5.96. The number of rotatable bonds is 4. The van der Waals surface area contributed by atoms with Gasteiger partial charge >= 0.3 is 0 Å². The fraction of sp³-hybridized carbons (Fsp3) is 0.333. The molecule has 18 heavy (non-hydrogen) atoms. The quantitative estimate of drug-likeness (QED) is 0.661. The zero-order valence-electron chi connectivity index (χ0n) is 9.57. The average Bonchev–Trinajstić information content (AvgIpc) is 2.38. The normalized spacial score (nSPS) is 13.2. The second kappa shape index (κ2) is 5.37. The molecule has 1 heterocycles. The van der Waals surface area contributed by atoms with Gasteiger partial charge in [0, 0.05) is 6.42 Å². The van der Waals surface area contributed by atoms with Crippen LogP contribution in [0.4, 0.5) is 0 Å². The van der Waals surface area contributed by atoms with E-state index in [1.165, 1.54) is 6.07 Å². The Morgan fingerprint density at radius 3 is 2.67 bits per heavy atom. The Bertz CT molecular complexity index is 501. The Hall–Kier alpha value is -1.59. The standard InChI is InChI=1S/C12H12ClNO4/c13-9-5-7(10(16)1-2-14)11-12(8(9)6-15)18-4-3-17-11/h5-6H,1-4,14H2. The SMILES string of the molecule is NCCC(=O)c1cc(Cl)c(C=O)c2c1OCCO2. The van der Waals surface area contributed by atoms with Crippen molar-refractivity contribution in [3.63, 3.8) is 0 Å². The number of carbonyl (C=O) groups is 2. The first-order chi connectivity index (χ1) is 8.69. The van der Waals surface area contributed by atoms with Crippen LogP contribution in [-0.4, -0.2) is 31.8 Å². The molecule has 1 aromatic rings. The van der Waals surface area contributed by atoms with E-state index in [1.807, 2.05) is 0 Å². The molecule has 1 aliphatic heterocycles. The van der Waals surface area contributed by atoms with Crippen LogP contribution < -0.4 is 15.2 Å². The molecule has 2 rings (SSSR count). The molecule has 96 valence electrons. The minimum absolute atomic E-state index is 0.176. The average molecular weight is 270 g/mol. The molecule has 0 amide bonds. The van der Waals surface area contributed by atoms with Crippen LogP contribution in [0.2, 0.25) is 5.02 Å². The third-order valence-electron chi connectivity index (χ3n) is 2.59. The highest BCUT2D eigenvalue weighted by Gasteiger charge is 2.25. The molecular formula is C12H12ClNO4. The molecule has 0 aromatic heterocycles. The summed E-state index contributed by atoms with van der Waals surface area (Å²) in [6.45, 7) is 0.885. The van der Waals surface area contributed by atoms with Gasteiger partial charge in [0.05, 0.1) is 16.1 Å². The van der Waals surface area contributed by atoms with Gasteiger partial charge in [-0.3, -0.25) is 9.59 Å². The maximum Gasteiger partial charge on any atom is 0.174 e. The van der Waals surface area contributed by atoms with E-state index in [-0.39, 0.29) is 40.8 Å². The van der Waals surface area contributed by atoms with Crippen molar-refractivity contribution in [1.29, 1.82) is 0 Å². The Labute approximate surface area is 109 Å². The van der Waals surface area contributed by atoms with Gasteiger partial charge in [0.1, 0.15) is 13.2 Å². The van der Waals surface area contributed by atoms with Crippen molar-refractivity contribution in [2.24, 2.45) is 5.73 Å². The van der Waals surface area contributed by atoms with E-state index in [4.69, 9.17) is 26.8 Å². The number of carbonyl (C=O) groups excluding carboxylic acids is 2. The summed E-state index contributed by atoms with van der Waals surface area (Å²) in [6, 6.07) is 1.43. The van der Waals surface area contributed by atoms with Crippen LogP contribution in [0, 0.1) is 0 Å². The van der Waals surface area contributed by atoms with Crippen molar-refractivity contribution in [2.75, 3.05) is 19.8 Å². The van der Waals surface area contributed by atoms with Gasteiger partial charge in [-0.05, 0) is 12.6 Å². The van der Waals surface area contributed by atoms with Gasteiger partial charge in [0.15, 0.2) is 23.6 Å². The van der Waals surface area contributed by atoms with E-state index in [0.717, 1.165) is 0 Å². The summed E-state index contributed by atoms with van der Waals surface area (Å²) in [4.78, 5) is 22.9. The van der Waals surface area contributed by atoms with Crippen molar-refractivity contribution in [3.05, 3.63) is 22.2 Å². The topological polar surface area (TPSA) is 78.6 Å². The van der Waals surface area contributed by atoms with Gasteiger partial charge in [-0.15, -0.1) is 0 Å². The number of nitrogens with two attached hydrogens (primary N) is 1. The molecule has 0 saturated carbocycles. The van der Waals surface area contributed by atoms with Crippen LogP contribution in [0.25, 0.3) is 0 Å². The van der Waals surface area contributed by atoms with Crippen molar-refractivity contribution in [3.8, 4) is 11.5 Å². The summed E-state index contributed by atoms with van der Waals surface area (Å²) in [5.74, 6) is 0.342. The molecule has 0 saturated heterocycles. The first kappa shape index (κ1) is 12.9. The predicted octanol–water partition coefficient (Wildman–Crippen LogP) is 1.46. The molecule has 0 atom stereocenters. The molecule has 6 heteroatoms. The first-order valence-corrected chi connectivity index (χ1v) is 5.87. The van der Waals surface area contributed by atoms with Crippen molar-refractivity contribution in [2.45, 2.75) is 6.42 Å². The molecule has 2 N–H and O–H groups in total. The molecule has 1 aliphatic rings. The van der Waals surface area contributed by atoms with Crippen LogP contribution in [-0.2, 0) is 0 Å². The number of hydrogen-bond donors (Lipinski definition) is 1. The first-order valence-electron chi connectivity index (χ1n) is 5.49. The summed E-state index contributed by atoms with van der Waals surface area (Å²) in [5, 5.41) is 0.176. The lowest BCUT2D eigenvalue weighted by Crippen LogP contribution is -2.20. The molecule has 5 nitrogen and oxygen atoms in total. The van der Waals surface area contributed by atoms with E-state index in [0.29, 0.717) is 25.1 Å². The summed E-state index contributed by atoms with van der Waals surface area (Å²) < 4.78 is 10.8. The minimum atomic E-state index is -0.182. The second-order valence-corrected chi connectivity index (χ2v) is 4.16. The van der Waals surface area contributed by atoms with Crippen LogP contribution in [0.5, 0.6) is 11.5 Å². The number of halogens is 1. The van der Waals surface area contributed by atoms with E-state index in [1.54, 1.807) is 0 Å². The van der Waals surface area contributed by atoms with E-state index in [9.17, 15) is 9.59 Å². The highest BCUT2D eigenvalue weighted by atomic mass is 35.5. The number of ketones is 1. The van der Waals surface area contributed by atoms with Crippen LogP contribution >= 0.6 is 11.6 Å². The maximum atomic E-state index is 11.9. The van der Waals surface area contributed by atoms with E-state index in [2.05, 4.69) is 0 Å². The van der Waals surface area contributed by atoms with E-state index >= 15 is 0 Å². The lowest BCUT2D eigenvalue weighted by Gasteiger charge is -2.22. The highest BCUT2D eigenvalue weighted by Crippen LogP contribution is 2.40. The monoisotopic (exact) mass is 269 g/mol. The van der Waals surface area contributed by atoms with Crippen LogP contribution in [0.1, 0.15) is 27.1 Å². The van der Waals surface area contributed by atoms with Gasteiger partial charge in [-0.25, -0.2) is 0 Å². The molecule has 0 unspecified atom stereocenters. The number of Topliss-reactive ketones (excluding diaryl/α,β-unsaturated/α-hetero) is 1. The molecule has 0 spiro atoms. The summed E-state index contributed by atoms with van der Waals surface area (Å²) in [5.41, 5.74) is 5.87. The Morgan fingerprint density at radius 1 is 1.39 bits per heavy atom. The zero-order chi connectivity index (χ0) is 13.1. The van der Waals surface area contributed by atoms with Crippen molar-refractivity contribution in [1.82, 2.24) is 0 Å². The van der Waals surface area contributed by atoms with Crippen molar-refractivity contribution < 1.29 is 19.1 Å².